The summed E-state index contributed by atoms with van der Waals surface area (Å²) in [6.07, 6.45) is 1.48. The van der Waals surface area contributed by atoms with Gasteiger partial charge in [-0.1, -0.05) is 91.0 Å². The van der Waals surface area contributed by atoms with Gasteiger partial charge in [-0.2, -0.15) is 29.9 Å². The molecule has 6 aromatic carbocycles. The molecule has 0 bridgehead atoms. The number of carbonyl (C=O) groups excluding carboxylic acids is 2. The quantitative estimate of drug-likeness (QED) is 0.0154. The second-order valence-electron chi connectivity index (χ2n) is 17.2. The smallest absolute Gasteiger partial charge is 0.744 e. The van der Waals surface area contributed by atoms with E-state index in [1.54, 1.807) is 109 Å². The van der Waals surface area contributed by atoms with E-state index in [4.69, 9.17) is 4.74 Å². The van der Waals surface area contributed by atoms with Crippen LogP contribution in [0.15, 0.2) is 161 Å². The molecule has 0 aliphatic rings. The van der Waals surface area contributed by atoms with Crippen LogP contribution in [0, 0.1) is 0 Å². The molecule has 8 aromatic rings. The van der Waals surface area contributed by atoms with Crippen molar-refractivity contribution in [3.05, 3.63) is 174 Å². The number of ether oxygens (including phenoxy) is 1. The molecule has 8 rings (SSSR count). The number of amides is 1. The van der Waals surface area contributed by atoms with E-state index < -0.39 is 36.1 Å². The maximum absolute atomic E-state index is 12.8. The average molecular weight is 1180 g/mol. The number of hydrogen-bond acceptors (Lipinski definition) is 24. The number of aromatic nitrogens is 6. The third-order valence-electron chi connectivity index (χ3n) is 11.5. The summed E-state index contributed by atoms with van der Waals surface area (Å²) in [6, 6.07) is 40.0. The molecule has 0 spiro atoms. The fourth-order valence-electron chi connectivity index (χ4n) is 7.76. The maximum Gasteiger partial charge on any atom is 1.00 e. The first-order valence-electron chi connectivity index (χ1n) is 24.6. The molecule has 0 saturated carbocycles. The van der Waals surface area contributed by atoms with Gasteiger partial charge in [0.15, 0.2) is 5.78 Å². The van der Waals surface area contributed by atoms with Crippen molar-refractivity contribution in [1.82, 2.24) is 29.9 Å². The van der Waals surface area contributed by atoms with Crippen molar-refractivity contribution >= 4 is 108 Å². The van der Waals surface area contributed by atoms with Gasteiger partial charge in [-0.25, -0.2) is 21.6 Å². The second-order valence-corrected chi connectivity index (χ2v) is 19.9. The fraction of sp³-hybridized carbons (Fsp3) is 0.148. The van der Waals surface area contributed by atoms with Crippen LogP contribution in [0.1, 0.15) is 27.0 Å². The minimum absolute atomic E-state index is 0. The number of hydrogen-bond donors (Lipinski definition) is 8. The second kappa shape index (κ2) is 30.7. The van der Waals surface area contributed by atoms with Gasteiger partial charge in [-0.15, -0.1) is 0 Å². The van der Waals surface area contributed by atoms with E-state index in [0.717, 1.165) is 24.3 Å². The number of nitrogens with one attached hydrogen (secondary N) is 5. The number of para-hydroxylation sites is 2. The van der Waals surface area contributed by atoms with E-state index in [1.807, 2.05) is 6.07 Å². The number of aliphatic hydroxyl groups is 3. The molecule has 0 aliphatic heterocycles. The Labute approximate surface area is 521 Å². The van der Waals surface area contributed by atoms with Crippen molar-refractivity contribution in [3.8, 4) is 0 Å². The number of aliphatic hydroxyl groups excluding tert-OH is 3. The van der Waals surface area contributed by atoms with Crippen LogP contribution >= 0.6 is 0 Å². The van der Waals surface area contributed by atoms with Crippen molar-refractivity contribution in [2.45, 2.75) is 9.79 Å². The number of nitrogens with zero attached hydrogens (tertiary/aromatic N) is 8. The summed E-state index contributed by atoms with van der Waals surface area (Å²) in [5.74, 6) is -0.380. The SMILES string of the molecule is O=C(Nc1ccc(C(=O)c2ccccc2)cc1)OCCN(CCO)c1nc(Nc2ccccc2)nc(Nc2ccc(/C=C/c3ccc(Nc4nc(Nc5ccccc5)nc(N(CCO)CCO)n4)cc3S(=O)(=O)[O-])c(S(=O)(=O)[O-])c2)n1.[Na+].[Na+]. The number of benzene rings is 6. The van der Waals surface area contributed by atoms with E-state index in [-0.39, 0.29) is 176 Å². The van der Waals surface area contributed by atoms with E-state index in [2.05, 4.69) is 56.5 Å². The first-order chi connectivity index (χ1) is 39.0. The van der Waals surface area contributed by atoms with E-state index >= 15 is 0 Å². The number of rotatable bonds is 26. The van der Waals surface area contributed by atoms with Gasteiger partial charge < -0.3 is 60.2 Å². The van der Waals surface area contributed by atoms with Gasteiger partial charge in [-0.3, -0.25) is 10.1 Å². The molecule has 2 heterocycles. The van der Waals surface area contributed by atoms with Gasteiger partial charge >= 0.3 is 65.2 Å². The minimum atomic E-state index is -5.25. The molecule has 25 nitrogen and oxygen atoms in total. The van der Waals surface area contributed by atoms with E-state index in [9.17, 15) is 50.8 Å². The minimum Gasteiger partial charge on any atom is -0.744 e. The van der Waals surface area contributed by atoms with Crippen molar-refractivity contribution in [2.24, 2.45) is 0 Å². The Morgan fingerprint density at radius 3 is 1.23 bits per heavy atom. The third-order valence-corrected chi connectivity index (χ3v) is 13.3. The normalized spacial score (nSPS) is 11.1. The summed E-state index contributed by atoms with van der Waals surface area (Å²) in [7, 11) is -10.5. The fourth-order valence-corrected chi connectivity index (χ4v) is 9.15. The Kier molecular flexibility index (Phi) is 23.9. The van der Waals surface area contributed by atoms with Crippen molar-refractivity contribution in [1.29, 1.82) is 0 Å². The zero-order valence-corrected chi connectivity index (χ0v) is 50.3. The molecule has 0 atom stereocenters. The summed E-state index contributed by atoms with van der Waals surface area (Å²) >= 11 is 0. The van der Waals surface area contributed by atoms with Crippen LogP contribution in [0.25, 0.3) is 12.2 Å². The van der Waals surface area contributed by atoms with Crippen LogP contribution in [0.5, 0.6) is 0 Å². The molecule has 83 heavy (non-hydrogen) atoms. The molecular weight excluding hydrogens is 1130 g/mol. The number of ketones is 1. The predicted molar refractivity (Wildman–Crippen MR) is 300 cm³/mol. The standard InChI is InChI=1S/C54H53N13O12S2.2Na/c68-30-26-66(27-31-69)52-62-48(55-40-12-6-2-7-13-40)60-50(64-52)57-43-24-18-36(45(34-43)80(73,74)75)16-17-37-19-25-44(35-46(37)81(76,77)78)58-51-61-49(56-41-14-8-3-9-15-41)63-53(65-51)67(28-32-70)29-33-79-54(72)59-42-22-20-39(21-23-42)47(71)38-10-4-1-5-11-38;;/h1-25,34-35,68-70H,26-33H2,(H,59,72)(H,73,74,75)(H,76,77,78)(H2,55,57,60,62,64)(H2,56,58,61,63,65);;/q;2*+1/p-2/b17-16+;;. The Morgan fingerprint density at radius 1 is 0.470 bits per heavy atom. The van der Waals surface area contributed by atoms with Gasteiger partial charge in [0.2, 0.25) is 35.7 Å². The van der Waals surface area contributed by atoms with Crippen LogP contribution < -0.4 is 95.5 Å². The summed E-state index contributed by atoms with van der Waals surface area (Å²) in [4.78, 5) is 53.8. The maximum atomic E-state index is 12.8. The first kappa shape index (κ1) is 64.7. The Bertz CT molecular complexity index is 3730. The van der Waals surface area contributed by atoms with Crippen molar-refractivity contribution < 1.29 is 115 Å². The van der Waals surface area contributed by atoms with Gasteiger partial charge in [0, 0.05) is 59.2 Å². The molecule has 0 aliphatic carbocycles. The van der Waals surface area contributed by atoms with Crippen molar-refractivity contribution in [2.75, 3.05) is 89.0 Å². The summed E-state index contributed by atoms with van der Waals surface area (Å²) < 4.78 is 82.2. The molecule has 2 aromatic heterocycles. The molecular formula is C54H51N13Na2O12S2. The van der Waals surface area contributed by atoms with Gasteiger partial charge in [-0.05, 0) is 83.9 Å². The Morgan fingerprint density at radius 2 is 0.831 bits per heavy atom. The molecule has 29 heteroatoms. The van der Waals surface area contributed by atoms with E-state index in [1.165, 1.54) is 34.1 Å². The summed E-state index contributed by atoms with van der Waals surface area (Å²) in [6.45, 7) is -1.19. The van der Waals surface area contributed by atoms with Gasteiger partial charge in [0.25, 0.3) is 0 Å². The largest absolute Gasteiger partial charge is 1.00 e. The molecule has 418 valence electrons. The predicted octanol–water partition coefficient (Wildman–Crippen LogP) is 0.0870. The summed E-state index contributed by atoms with van der Waals surface area (Å²) in [5, 5.41) is 43.9. The summed E-state index contributed by atoms with van der Waals surface area (Å²) in [5.41, 5.74) is 2.17. The van der Waals surface area contributed by atoms with E-state index in [0.29, 0.717) is 28.2 Å². The monoisotopic (exact) mass is 1180 g/mol. The van der Waals surface area contributed by atoms with Gasteiger partial charge in [0.05, 0.1) is 36.2 Å². The number of anilines is 11. The zero-order valence-electron chi connectivity index (χ0n) is 44.7. The third kappa shape index (κ3) is 18.8. The van der Waals surface area contributed by atoms with Crippen LogP contribution in [-0.4, -0.2) is 136 Å². The average Bonchev–Trinajstić information content (AvgIpc) is 3.45. The van der Waals surface area contributed by atoms with Crippen LogP contribution in [0.2, 0.25) is 0 Å². The van der Waals surface area contributed by atoms with Crippen molar-refractivity contribution in [3.63, 3.8) is 0 Å². The van der Waals surface area contributed by atoms with Crippen LogP contribution in [-0.2, 0) is 25.0 Å². The van der Waals surface area contributed by atoms with Crippen LogP contribution in [0.3, 0.4) is 0 Å². The molecule has 0 saturated heterocycles. The Hall–Kier alpha value is -7.48. The molecule has 1 amide bonds. The van der Waals surface area contributed by atoms with Crippen LogP contribution in [0.4, 0.5) is 68.9 Å². The van der Waals surface area contributed by atoms with Gasteiger partial charge in [0.1, 0.15) is 26.8 Å². The Balaban J connectivity index is 0.00000553. The molecule has 8 N–H and O–H groups in total. The molecule has 0 radical (unpaired) electrons. The molecule has 0 unspecified atom stereocenters. The molecule has 0 fully saturated rings. The topological polar surface area (TPSA) is 362 Å². The number of carbonyl (C=O) groups is 2. The zero-order chi connectivity index (χ0) is 57.4. The first-order valence-corrected chi connectivity index (χ1v) is 27.4.